The molecule has 2 aromatic rings. The summed E-state index contributed by atoms with van der Waals surface area (Å²) >= 11 is 6.30. The summed E-state index contributed by atoms with van der Waals surface area (Å²) in [5.74, 6) is -1.27. The van der Waals surface area contributed by atoms with Gasteiger partial charge in [0.05, 0.1) is 5.92 Å². The first kappa shape index (κ1) is 19.4. The van der Waals surface area contributed by atoms with Crippen molar-refractivity contribution in [3.63, 3.8) is 0 Å². The minimum Gasteiger partial charge on any atom is -0.480 e. The van der Waals surface area contributed by atoms with Crippen molar-refractivity contribution in [2.24, 2.45) is 5.92 Å². The largest absolute Gasteiger partial charge is 0.480 e. The van der Waals surface area contributed by atoms with Crippen LogP contribution in [0, 0.1) is 5.92 Å². The molecule has 4 nitrogen and oxygen atoms in total. The number of aliphatic carboxylic acids is 1. The smallest absolute Gasteiger partial charge is 0.323 e. The lowest BCUT2D eigenvalue weighted by atomic mass is 9.82. The van der Waals surface area contributed by atoms with Gasteiger partial charge in [0.2, 0.25) is 5.91 Å². The SMILES string of the molecule is CC(C)C[C@H]1C(=O)N(CC(=O)O)C[C@H](c2ccccc2)c2cc(Cl)ccc21. The lowest BCUT2D eigenvalue weighted by Gasteiger charge is -2.25. The highest BCUT2D eigenvalue weighted by molar-refractivity contribution is 6.30. The number of rotatable bonds is 5. The fourth-order valence-corrected chi connectivity index (χ4v) is 4.08. The first-order chi connectivity index (χ1) is 12.9. The quantitative estimate of drug-likeness (QED) is 0.822. The summed E-state index contributed by atoms with van der Waals surface area (Å²) in [4.78, 5) is 26.2. The van der Waals surface area contributed by atoms with Crippen molar-refractivity contribution in [2.45, 2.75) is 32.1 Å². The standard InChI is InChI=1S/C22H24ClNO3/c1-14(2)10-19-17-9-8-16(23)11-18(17)20(15-6-4-3-5-7-15)12-24(22(19)27)13-21(25)26/h3-9,11,14,19-20H,10,12-13H2,1-2H3,(H,25,26)/t19-,20-/m1/s1. The monoisotopic (exact) mass is 385 g/mol. The number of fused-ring (bicyclic) bond motifs is 1. The van der Waals surface area contributed by atoms with Gasteiger partial charge in [0.15, 0.2) is 0 Å². The molecule has 0 saturated carbocycles. The van der Waals surface area contributed by atoms with Crippen molar-refractivity contribution in [3.05, 3.63) is 70.2 Å². The Morgan fingerprint density at radius 1 is 1.19 bits per heavy atom. The first-order valence-corrected chi connectivity index (χ1v) is 9.59. The Bertz CT molecular complexity index is 835. The predicted molar refractivity (Wildman–Crippen MR) is 106 cm³/mol. The number of carboxylic acids is 1. The molecule has 0 unspecified atom stereocenters. The molecule has 27 heavy (non-hydrogen) atoms. The maximum Gasteiger partial charge on any atom is 0.323 e. The van der Waals surface area contributed by atoms with Crippen LogP contribution in [-0.2, 0) is 9.59 Å². The van der Waals surface area contributed by atoms with Gasteiger partial charge >= 0.3 is 5.97 Å². The van der Waals surface area contributed by atoms with E-state index in [0.717, 1.165) is 16.7 Å². The highest BCUT2D eigenvalue weighted by atomic mass is 35.5. The molecular formula is C22H24ClNO3. The van der Waals surface area contributed by atoms with Gasteiger partial charge in [-0.25, -0.2) is 0 Å². The second-order valence-corrected chi connectivity index (χ2v) is 7.97. The van der Waals surface area contributed by atoms with E-state index in [0.29, 0.717) is 23.9 Å². The topological polar surface area (TPSA) is 57.6 Å². The average molecular weight is 386 g/mol. The van der Waals surface area contributed by atoms with Crippen LogP contribution >= 0.6 is 11.6 Å². The van der Waals surface area contributed by atoms with Crippen molar-refractivity contribution < 1.29 is 14.7 Å². The second kappa shape index (κ2) is 8.13. The number of carbonyl (C=O) groups excluding carboxylic acids is 1. The van der Waals surface area contributed by atoms with Crippen molar-refractivity contribution in [3.8, 4) is 0 Å². The highest BCUT2D eigenvalue weighted by Gasteiger charge is 2.36. The third-order valence-corrected chi connectivity index (χ3v) is 5.28. The van der Waals surface area contributed by atoms with Crippen LogP contribution in [0.3, 0.4) is 0 Å². The average Bonchev–Trinajstić information content (AvgIpc) is 2.72. The first-order valence-electron chi connectivity index (χ1n) is 9.21. The van der Waals surface area contributed by atoms with Crippen LogP contribution in [0.4, 0.5) is 0 Å². The number of amides is 1. The number of hydrogen-bond donors (Lipinski definition) is 1. The van der Waals surface area contributed by atoms with E-state index in [1.54, 1.807) is 0 Å². The molecule has 0 saturated heterocycles. The molecule has 1 aliphatic rings. The third-order valence-electron chi connectivity index (χ3n) is 5.05. The van der Waals surface area contributed by atoms with Gasteiger partial charge in [-0.3, -0.25) is 9.59 Å². The lowest BCUT2D eigenvalue weighted by molar-refractivity contribution is -0.145. The van der Waals surface area contributed by atoms with E-state index in [-0.39, 0.29) is 24.3 Å². The normalized spacial score (nSPS) is 19.7. The molecule has 0 bridgehead atoms. The zero-order valence-electron chi connectivity index (χ0n) is 15.6. The zero-order chi connectivity index (χ0) is 19.6. The van der Waals surface area contributed by atoms with Crippen LogP contribution in [0.2, 0.25) is 5.02 Å². The molecule has 142 valence electrons. The molecule has 3 rings (SSSR count). The van der Waals surface area contributed by atoms with Crippen LogP contribution in [-0.4, -0.2) is 35.0 Å². The zero-order valence-corrected chi connectivity index (χ0v) is 16.3. The van der Waals surface area contributed by atoms with Crippen molar-refractivity contribution in [1.29, 1.82) is 0 Å². The van der Waals surface area contributed by atoms with Gasteiger partial charge in [0, 0.05) is 17.5 Å². The van der Waals surface area contributed by atoms with Gasteiger partial charge in [-0.2, -0.15) is 0 Å². The molecule has 0 fully saturated rings. The molecule has 2 atom stereocenters. The van der Waals surface area contributed by atoms with E-state index in [1.165, 1.54) is 4.90 Å². The predicted octanol–water partition coefficient (Wildman–Crippen LogP) is 4.53. The van der Waals surface area contributed by atoms with Gasteiger partial charge < -0.3 is 10.0 Å². The fourth-order valence-electron chi connectivity index (χ4n) is 3.90. The summed E-state index contributed by atoms with van der Waals surface area (Å²) in [6.07, 6.45) is 0.672. The van der Waals surface area contributed by atoms with Crippen LogP contribution in [0.25, 0.3) is 0 Å². The van der Waals surface area contributed by atoms with E-state index in [4.69, 9.17) is 11.6 Å². The van der Waals surface area contributed by atoms with E-state index in [9.17, 15) is 14.7 Å². The molecule has 0 radical (unpaired) electrons. The molecule has 1 aliphatic heterocycles. The molecule has 1 heterocycles. The molecule has 5 heteroatoms. The Labute approximate surface area is 164 Å². The summed E-state index contributed by atoms with van der Waals surface area (Å²) in [5.41, 5.74) is 3.02. The molecule has 2 aromatic carbocycles. The minimum atomic E-state index is -0.998. The van der Waals surface area contributed by atoms with E-state index in [2.05, 4.69) is 13.8 Å². The van der Waals surface area contributed by atoms with Gasteiger partial charge in [0.25, 0.3) is 0 Å². The molecule has 0 aliphatic carbocycles. The van der Waals surface area contributed by atoms with Crippen LogP contribution in [0.5, 0.6) is 0 Å². The molecule has 0 aromatic heterocycles. The molecule has 1 N–H and O–H groups in total. The maximum atomic E-state index is 13.3. The van der Waals surface area contributed by atoms with Crippen LogP contribution in [0.15, 0.2) is 48.5 Å². The number of halogens is 1. The van der Waals surface area contributed by atoms with Crippen molar-refractivity contribution in [2.75, 3.05) is 13.1 Å². The van der Waals surface area contributed by atoms with Gasteiger partial charge in [0.1, 0.15) is 6.54 Å². The summed E-state index contributed by atoms with van der Waals surface area (Å²) in [6, 6.07) is 15.6. The number of carboxylic acid groups (broad SMARTS) is 1. The number of carbonyl (C=O) groups is 2. The third kappa shape index (κ3) is 4.33. The van der Waals surface area contributed by atoms with Gasteiger partial charge in [-0.15, -0.1) is 0 Å². The molecule has 1 amide bonds. The van der Waals surface area contributed by atoms with Crippen LogP contribution < -0.4 is 0 Å². The maximum absolute atomic E-state index is 13.3. The summed E-state index contributed by atoms with van der Waals surface area (Å²) in [6.45, 7) is 4.18. The summed E-state index contributed by atoms with van der Waals surface area (Å²) in [7, 11) is 0. The molecule has 0 spiro atoms. The van der Waals surface area contributed by atoms with Crippen molar-refractivity contribution in [1.82, 2.24) is 4.90 Å². The van der Waals surface area contributed by atoms with E-state index >= 15 is 0 Å². The Hall–Kier alpha value is -2.33. The second-order valence-electron chi connectivity index (χ2n) is 7.53. The Morgan fingerprint density at radius 2 is 1.89 bits per heavy atom. The summed E-state index contributed by atoms with van der Waals surface area (Å²) in [5, 5.41) is 9.97. The van der Waals surface area contributed by atoms with E-state index < -0.39 is 5.97 Å². The number of hydrogen-bond acceptors (Lipinski definition) is 2. The van der Waals surface area contributed by atoms with Gasteiger partial charge in [-0.05, 0) is 41.2 Å². The number of nitrogens with zero attached hydrogens (tertiary/aromatic N) is 1. The van der Waals surface area contributed by atoms with Gasteiger partial charge in [-0.1, -0.05) is 61.8 Å². The Kier molecular flexibility index (Phi) is 5.85. The van der Waals surface area contributed by atoms with Crippen LogP contribution in [0.1, 0.15) is 48.8 Å². The van der Waals surface area contributed by atoms with Crippen molar-refractivity contribution >= 4 is 23.5 Å². The number of benzene rings is 2. The highest BCUT2D eigenvalue weighted by Crippen LogP contribution is 2.40. The Morgan fingerprint density at radius 3 is 2.52 bits per heavy atom. The lowest BCUT2D eigenvalue weighted by Crippen LogP contribution is -2.39. The summed E-state index contributed by atoms with van der Waals surface area (Å²) < 4.78 is 0. The fraction of sp³-hybridized carbons (Fsp3) is 0.364. The molecular weight excluding hydrogens is 362 g/mol. The van der Waals surface area contributed by atoms with E-state index in [1.807, 2.05) is 48.5 Å². The minimum absolute atomic E-state index is 0.111. The Balaban J connectivity index is 2.17.